The Morgan fingerprint density at radius 1 is 0.833 bits per heavy atom. The van der Waals surface area contributed by atoms with Crippen LogP contribution in [-0.2, 0) is 9.47 Å². The van der Waals surface area contributed by atoms with Gasteiger partial charge in [0.15, 0.2) is 0 Å². The van der Waals surface area contributed by atoms with Crippen LogP contribution in [0.2, 0.25) is 0 Å². The lowest BCUT2D eigenvalue weighted by Gasteiger charge is -2.09. The number of aromatic hydroxyl groups is 1. The summed E-state index contributed by atoms with van der Waals surface area (Å²) < 4.78 is 9.17. The Balaban J connectivity index is 2.20. The number of phenolic OH excluding ortho intramolecular Hbond substituents is 1. The van der Waals surface area contributed by atoms with Crippen molar-refractivity contribution in [1.29, 1.82) is 0 Å². The Morgan fingerprint density at radius 2 is 1.33 bits per heavy atom. The standard InChI is InChI=1S/C17H15NO6/c1-23-16(21)11-5-3-10(4-6-11)15(20)18-13-9-12(17(22)24-2)7-8-14(13)19/h3-9,19H,1-2H3,(H,18,20). The number of rotatable bonds is 4. The molecule has 0 aliphatic carbocycles. The fourth-order valence-electron chi connectivity index (χ4n) is 1.95. The van der Waals surface area contributed by atoms with Crippen LogP contribution in [0.3, 0.4) is 0 Å². The van der Waals surface area contributed by atoms with E-state index in [0.717, 1.165) is 0 Å². The number of hydrogen-bond donors (Lipinski definition) is 2. The maximum absolute atomic E-state index is 12.2. The Labute approximate surface area is 137 Å². The molecule has 2 aromatic rings. The SMILES string of the molecule is COC(=O)c1ccc(C(=O)Nc2cc(C(=O)OC)ccc2O)cc1. The van der Waals surface area contributed by atoms with Gasteiger partial charge in [-0.25, -0.2) is 9.59 Å². The molecule has 7 nitrogen and oxygen atoms in total. The molecule has 0 saturated carbocycles. The zero-order valence-electron chi connectivity index (χ0n) is 13.0. The molecule has 1 amide bonds. The minimum Gasteiger partial charge on any atom is -0.506 e. The van der Waals surface area contributed by atoms with Crippen molar-refractivity contribution in [3.8, 4) is 5.75 Å². The third-order valence-electron chi connectivity index (χ3n) is 3.23. The van der Waals surface area contributed by atoms with Gasteiger partial charge in [0.2, 0.25) is 0 Å². The minimum atomic E-state index is -0.590. The molecule has 7 heteroatoms. The highest BCUT2D eigenvalue weighted by Gasteiger charge is 2.13. The van der Waals surface area contributed by atoms with Crippen molar-refractivity contribution in [3.05, 3.63) is 59.2 Å². The van der Waals surface area contributed by atoms with Gasteiger partial charge in [0.05, 0.1) is 31.0 Å². The van der Waals surface area contributed by atoms with Crippen LogP contribution in [0.15, 0.2) is 42.5 Å². The summed E-state index contributed by atoms with van der Waals surface area (Å²) in [6, 6.07) is 9.76. The average Bonchev–Trinajstić information content (AvgIpc) is 2.62. The molecule has 0 atom stereocenters. The summed E-state index contributed by atoms with van der Waals surface area (Å²) in [5.74, 6) is -1.80. The molecule has 0 aliphatic rings. The average molecular weight is 329 g/mol. The van der Waals surface area contributed by atoms with Gasteiger partial charge in [-0.2, -0.15) is 0 Å². The first-order valence-electron chi connectivity index (χ1n) is 6.87. The Hall–Kier alpha value is -3.35. The van der Waals surface area contributed by atoms with E-state index in [9.17, 15) is 19.5 Å². The molecule has 0 fully saturated rings. The Kier molecular flexibility index (Phi) is 5.16. The second-order valence-electron chi connectivity index (χ2n) is 4.75. The number of phenols is 1. The predicted octanol–water partition coefficient (Wildman–Crippen LogP) is 2.22. The summed E-state index contributed by atoms with van der Waals surface area (Å²) in [5, 5.41) is 12.3. The van der Waals surface area contributed by atoms with Gasteiger partial charge >= 0.3 is 11.9 Å². The highest BCUT2D eigenvalue weighted by Crippen LogP contribution is 2.25. The molecule has 0 spiro atoms. The highest BCUT2D eigenvalue weighted by molar-refractivity contribution is 6.06. The first-order chi connectivity index (χ1) is 11.5. The molecule has 0 heterocycles. The molecule has 24 heavy (non-hydrogen) atoms. The number of esters is 2. The number of benzene rings is 2. The molecular weight excluding hydrogens is 314 g/mol. The van der Waals surface area contributed by atoms with Crippen LogP contribution in [0.4, 0.5) is 5.69 Å². The molecule has 0 saturated heterocycles. The number of carbonyl (C=O) groups excluding carboxylic acids is 3. The fraction of sp³-hybridized carbons (Fsp3) is 0.118. The number of hydrogen-bond acceptors (Lipinski definition) is 6. The molecule has 0 aromatic heterocycles. The summed E-state index contributed by atoms with van der Waals surface area (Å²) in [5.41, 5.74) is 0.835. The zero-order chi connectivity index (χ0) is 17.7. The second-order valence-corrected chi connectivity index (χ2v) is 4.75. The topological polar surface area (TPSA) is 102 Å². The van der Waals surface area contributed by atoms with E-state index in [2.05, 4.69) is 14.8 Å². The van der Waals surface area contributed by atoms with Crippen LogP contribution in [0.5, 0.6) is 5.75 Å². The third-order valence-corrected chi connectivity index (χ3v) is 3.23. The van der Waals surface area contributed by atoms with E-state index in [1.165, 1.54) is 56.7 Å². The first kappa shape index (κ1) is 17.0. The first-order valence-corrected chi connectivity index (χ1v) is 6.87. The number of carbonyl (C=O) groups is 3. The van der Waals surface area contributed by atoms with Crippen molar-refractivity contribution < 1.29 is 29.0 Å². The molecule has 2 rings (SSSR count). The van der Waals surface area contributed by atoms with E-state index < -0.39 is 17.8 Å². The van der Waals surface area contributed by atoms with E-state index in [1.807, 2.05) is 0 Å². The Morgan fingerprint density at radius 3 is 1.92 bits per heavy atom. The van der Waals surface area contributed by atoms with Gasteiger partial charge in [-0.05, 0) is 42.5 Å². The molecule has 2 N–H and O–H groups in total. The van der Waals surface area contributed by atoms with Crippen molar-refractivity contribution in [3.63, 3.8) is 0 Å². The van der Waals surface area contributed by atoms with E-state index in [0.29, 0.717) is 5.56 Å². The quantitative estimate of drug-likeness (QED) is 0.659. The lowest BCUT2D eigenvalue weighted by Crippen LogP contribution is -2.13. The van der Waals surface area contributed by atoms with Crippen LogP contribution in [0.25, 0.3) is 0 Å². The Bertz CT molecular complexity index is 782. The number of nitrogens with one attached hydrogen (secondary N) is 1. The maximum atomic E-state index is 12.2. The number of anilines is 1. The molecule has 0 radical (unpaired) electrons. The summed E-state index contributed by atoms with van der Waals surface area (Å²) in [6.07, 6.45) is 0. The van der Waals surface area contributed by atoms with Gasteiger partial charge in [0.25, 0.3) is 5.91 Å². The zero-order valence-corrected chi connectivity index (χ0v) is 13.0. The number of amides is 1. The predicted molar refractivity (Wildman–Crippen MR) is 85.2 cm³/mol. The lowest BCUT2D eigenvalue weighted by atomic mass is 10.1. The molecule has 2 aromatic carbocycles. The van der Waals surface area contributed by atoms with Crippen molar-refractivity contribution in [2.24, 2.45) is 0 Å². The third kappa shape index (κ3) is 3.70. The summed E-state index contributed by atoms with van der Waals surface area (Å²) in [7, 11) is 2.50. The van der Waals surface area contributed by atoms with Gasteiger partial charge in [-0.1, -0.05) is 0 Å². The highest BCUT2D eigenvalue weighted by atomic mass is 16.5. The van der Waals surface area contributed by atoms with Crippen LogP contribution in [-0.4, -0.2) is 37.2 Å². The van der Waals surface area contributed by atoms with Gasteiger partial charge in [0.1, 0.15) is 5.75 Å². The lowest BCUT2D eigenvalue weighted by molar-refractivity contribution is 0.0592. The fourth-order valence-corrected chi connectivity index (χ4v) is 1.95. The van der Waals surface area contributed by atoms with E-state index >= 15 is 0 Å². The van der Waals surface area contributed by atoms with E-state index in [4.69, 9.17) is 0 Å². The molecule has 0 aliphatic heterocycles. The van der Waals surface area contributed by atoms with Crippen molar-refractivity contribution in [2.75, 3.05) is 19.5 Å². The van der Waals surface area contributed by atoms with Crippen LogP contribution in [0.1, 0.15) is 31.1 Å². The van der Waals surface area contributed by atoms with Crippen LogP contribution in [0, 0.1) is 0 Å². The number of ether oxygens (including phenoxy) is 2. The smallest absolute Gasteiger partial charge is 0.337 e. The summed E-state index contributed by atoms with van der Waals surface area (Å²) in [4.78, 5) is 35.1. The molecule has 0 unspecified atom stereocenters. The molecule has 0 bridgehead atoms. The largest absolute Gasteiger partial charge is 0.506 e. The number of methoxy groups -OCH3 is 2. The van der Waals surface area contributed by atoms with Gasteiger partial charge < -0.3 is 19.9 Å². The molecule has 124 valence electrons. The minimum absolute atomic E-state index is 0.0694. The van der Waals surface area contributed by atoms with Crippen LogP contribution >= 0.6 is 0 Å². The summed E-state index contributed by atoms with van der Waals surface area (Å²) >= 11 is 0. The van der Waals surface area contributed by atoms with Crippen molar-refractivity contribution in [2.45, 2.75) is 0 Å². The van der Waals surface area contributed by atoms with Gasteiger partial charge in [-0.15, -0.1) is 0 Å². The monoisotopic (exact) mass is 329 g/mol. The maximum Gasteiger partial charge on any atom is 0.337 e. The van der Waals surface area contributed by atoms with E-state index in [-0.39, 0.29) is 22.6 Å². The van der Waals surface area contributed by atoms with Crippen molar-refractivity contribution in [1.82, 2.24) is 0 Å². The molecular formula is C17H15NO6. The van der Waals surface area contributed by atoms with E-state index in [1.54, 1.807) is 0 Å². The second kappa shape index (κ2) is 7.28. The van der Waals surface area contributed by atoms with Gasteiger partial charge in [-0.3, -0.25) is 4.79 Å². The van der Waals surface area contributed by atoms with Crippen molar-refractivity contribution >= 4 is 23.5 Å². The normalized spacial score (nSPS) is 9.92. The van der Waals surface area contributed by atoms with Crippen LogP contribution < -0.4 is 5.32 Å². The van der Waals surface area contributed by atoms with Gasteiger partial charge in [0, 0.05) is 5.56 Å². The summed E-state index contributed by atoms with van der Waals surface area (Å²) in [6.45, 7) is 0.